The lowest BCUT2D eigenvalue weighted by Crippen LogP contribution is -2.17. The van der Waals surface area contributed by atoms with E-state index < -0.39 is 6.36 Å². The maximum Gasteiger partial charge on any atom is 0.573 e. The van der Waals surface area contributed by atoms with Crippen molar-refractivity contribution in [1.29, 1.82) is 0 Å². The Labute approximate surface area is 127 Å². The highest BCUT2D eigenvalue weighted by Crippen LogP contribution is 2.36. The third kappa shape index (κ3) is 3.72. The fourth-order valence-electron chi connectivity index (χ4n) is 1.59. The van der Waals surface area contributed by atoms with Crippen LogP contribution in [0.5, 0.6) is 5.75 Å². The molecule has 2 aromatic rings. The van der Waals surface area contributed by atoms with E-state index >= 15 is 0 Å². The Kier molecular flexibility index (Phi) is 4.37. The van der Waals surface area contributed by atoms with Crippen LogP contribution in [0.3, 0.4) is 0 Å². The molecule has 0 unspecified atom stereocenters. The predicted molar refractivity (Wildman–Crippen MR) is 73.6 cm³/mol. The van der Waals surface area contributed by atoms with Crippen molar-refractivity contribution in [2.45, 2.75) is 6.36 Å². The molecular weight excluding hydrogens is 335 g/mol. The maximum absolute atomic E-state index is 12.2. The average Bonchev–Trinajstić information content (AvgIpc) is 2.33. The number of hydrogen-bond donors (Lipinski definition) is 0. The number of rotatable bonds is 2. The molecule has 0 aliphatic rings. The van der Waals surface area contributed by atoms with Gasteiger partial charge in [0.25, 0.3) is 0 Å². The third-order valence-electron chi connectivity index (χ3n) is 2.40. The fourth-order valence-corrected chi connectivity index (χ4v) is 2.11. The summed E-state index contributed by atoms with van der Waals surface area (Å²) in [5.74, 6) is -0.358. The topological polar surface area (TPSA) is 9.23 Å². The highest BCUT2D eigenvalue weighted by molar-refractivity contribution is 6.42. The molecule has 0 aliphatic heterocycles. The van der Waals surface area contributed by atoms with Crippen LogP contribution in [0.2, 0.25) is 15.1 Å². The molecule has 20 heavy (non-hydrogen) atoms. The van der Waals surface area contributed by atoms with Gasteiger partial charge in [0.15, 0.2) is 0 Å². The monoisotopic (exact) mass is 340 g/mol. The second-order valence-electron chi connectivity index (χ2n) is 3.82. The smallest absolute Gasteiger partial charge is 0.406 e. The van der Waals surface area contributed by atoms with Crippen molar-refractivity contribution >= 4 is 34.8 Å². The molecule has 7 heteroatoms. The first-order chi connectivity index (χ1) is 9.26. The second kappa shape index (κ2) is 5.72. The summed E-state index contributed by atoms with van der Waals surface area (Å²) in [6.07, 6.45) is -4.76. The third-order valence-corrected chi connectivity index (χ3v) is 3.47. The first-order valence-corrected chi connectivity index (χ1v) is 6.40. The van der Waals surface area contributed by atoms with Gasteiger partial charge < -0.3 is 4.74 Å². The van der Waals surface area contributed by atoms with E-state index in [0.717, 1.165) is 6.07 Å². The summed E-state index contributed by atoms with van der Waals surface area (Å²) in [5, 5.41) is 0.898. The van der Waals surface area contributed by atoms with Crippen molar-refractivity contribution in [1.82, 2.24) is 0 Å². The number of hydrogen-bond acceptors (Lipinski definition) is 1. The van der Waals surface area contributed by atoms with Gasteiger partial charge in [0.2, 0.25) is 0 Å². The Morgan fingerprint density at radius 3 is 2.05 bits per heavy atom. The van der Waals surface area contributed by atoms with Crippen LogP contribution in [0, 0.1) is 0 Å². The molecule has 2 aromatic carbocycles. The van der Waals surface area contributed by atoms with Gasteiger partial charge in [-0.2, -0.15) is 0 Å². The van der Waals surface area contributed by atoms with E-state index in [2.05, 4.69) is 4.74 Å². The molecule has 0 spiro atoms. The van der Waals surface area contributed by atoms with Crippen LogP contribution >= 0.6 is 34.8 Å². The quantitative estimate of drug-likeness (QED) is 0.631. The summed E-state index contributed by atoms with van der Waals surface area (Å²) in [6, 6.07) is 8.30. The van der Waals surface area contributed by atoms with Gasteiger partial charge in [-0.25, -0.2) is 0 Å². The molecule has 0 radical (unpaired) electrons. The summed E-state index contributed by atoms with van der Waals surface area (Å²) in [7, 11) is 0. The van der Waals surface area contributed by atoms with E-state index in [0.29, 0.717) is 16.1 Å². The fraction of sp³-hybridized carbons (Fsp3) is 0.0769. The van der Waals surface area contributed by atoms with Gasteiger partial charge in [0.05, 0.1) is 10.0 Å². The van der Waals surface area contributed by atoms with E-state index in [4.69, 9.17) is 34.8 Å². The molecule has 0 aliphatic carbocycles. The van der Waals surface area contributed by atoms with Crippen LogP contribution in [-0.2, 0) is 0 Å². The molecule has 0 saturated carbocycles. The van der Waals surface area contributed by atoms with Crippen molar-refractivity contribution < 1.29 is 17.9 Å². The van der Waals surface area contributed by atoms with Crippen molar-refractivity contribution in [3.63, 3.8) is 0 Å². The molecule has 2 rings (SSSR count). The van der Waals surface area contributed by atoms with Gasteiger partial charge in [-0.15, -0.1) is 13.2 Å². The number of halogens is 6. The van der Waals surface area contributed by atoms with Crippen LogP contribution in [0.1, 0.15) is 0 Å². The van der Waals surface area contributed by atoms with E-state index in [9.17, 15) is 13.2 Å². The lowest BCUT2D eigenvalue weighted by molar-refractivity contribution is -0.274. The zero-order valence-corrected chi connectivity index (χ0v) is 11.9. The SMILES string of the molecule is FC(F)(F)Oc1ccc(Cl)c(-c2ccc(Cl)c(Cl)c2)c1. The van der Waals surface area contributed by atoms with Crippen molar-refractivity contribution in [2.24, 2.45) is 0 Å². The molecule has 0 aromatic heterocycles. The largest absolute Gasteiger partial charge is 0.573 e. The van der Waals surface area contributed by atoms with E-state index in [-0.39, 0.29) is 15.8 Å². The Morgan fingerprint density at radius 1 is 0.800 bits per heavy atom. The normalized spacial score (nSPS) is 11.5. The summed E-state index contributed by atoms with van der Waals surface area (Å²) in [4.78, 5) is 0. The molecule has 0 heterocycles. The average molecular weight is 342 g/mol. The molecule has 0 fully saturated rings. The van der Waals surface area contributed by atoms with Gasteiger partial charge in [0.1, 0.15) is 5.75 Å². The number of alkyl halides is 3. The minimum atomic E-state index is -4.76. The Hall–Kier alpha value is -1.10. The summed E-state index contributed by atoms with van der Waals surface area (Å²) >= 11 is 17.6. The van der Waals surface area contributed by atoms with Crippen LogP contribution in [-0.4, -0.2) is 6.36 Å². The second-order valence-corrected chi connectivity index (χ2v) is 5.04. The van der Waals surface area contributed by atoms with Crippen LogP contribution in [0.15, 0.2) is 36.4 Å². The molecule has 0 N–H and O–H groups in total. The molecule has 0 saturated heterocycles. The molecule has 0 atom stereocenters. The molecular formula is C13H6Cl3F3O. The van der Waals surface area contributed by atoms with Crippen LogP contribution < -0.4 is 4.74 Å². The maximum atomic E-state index is 12.2. The van der Waals surface area contributed by atoms with Gasteiger partial charge in [-0.05, 0) is 35.9 Å². The minimum Gasteiger partial charge on any atom is -0.406 e. The standard InChI is InChI=1S/C13H6Cl3F3O/c14-10-4-2-8(20-13(17,18)19)6-9(10)7-1-3-11(15)12(16)5-7/h1-6H. The van der Waals surface area contributed by atoms with Gasteiger partial charge in [-0.1, -0.05) is 40.9 Å². The Balaban J connectivity index is 2.45. The minimum absolute atomic E-state index is 0.276. The van der Waals surface area contributed by atoms with Crippen molar-refractivity contribution in [3.8, 4) is 16.9 Å². The zero-order valence-electron chi connectivity index (χ0n) is 9.64. The van der Waals surface area contributed by atoms with Crippen molar-refractivity contribution in [2.75, 3.05) is 0 Å². The van der Waals surface area contributed by atoms with Crippen molar-refractivity contribution in [3.05, 3.63) is 51.5 Å². The lowest BCUT2D eigenvalue weighted by Gasteiger charge is -2.12. The number of ether oxygens (including phenoxy) is 1. The highest BCUT2D eigenvalue weighted by atomic mass is 35.5. The predicted octanol–water partition coefficient (Wildman–Crippen LogP) is 6.21. The first-order valence-electron chi connectivity index (χ1n) is 5.27. The Morgan fingerprint density at radius 2 is 1.45 bits per heavy atom. The molecule has 1 nitrogen and oxygen atoms in total. The summed E-state index contributed by atoms with van der Waals surface area (Å²) in [6.45, 7) is 0. The first kappa shape index (κ1) is 15.3. The highest BCUT2D eigenvalue weighted by Gasteiger charge is 2.31. The van der Waals surface area contributed by atoms with E-state index in [1.807, 2.05) is 0 Å². The Bertz CT molecular complexity index is 641. The van der Waals surface area contributed by atoms with Gasteiger partial charge >= 0.3 is 6.36 Å². The lowest BCUT2D eigenvalue weighted by atomic mass is 10.1. The zero-order chi connectivity index (χ0) is 14.9. The number of benzene rings is 2. The van der Waals surface area contributed by atoms with Gasteiger partial charge in [-0.3, -0.25) is 0 Å². The molecule has 106 valence electrons. The van der Waals surface area contributed by atoms with E-state index in [1.54, 1.807) is 6.07 Å². The molecule has 0 bridgehead atoms. The van der Waals surface area contributed by atoms with Crippen LogP contribution in [0.25, 0.3) is 11.1 Å². The van der Waals surface area contributed by atoms with Crippen LogP contribution in [0.4, 0.5) is 13.2 Å². The summed E-state index contributed by atoms with van der Waals surface area (Å²) in [5.41, 5.74) is 0.906. The molecule has 0 amide bonds. The van der Waals surface area contributed by atoms with Gasteiger partial charge in [0, 0.05) is 10.6 Å². The van der Waals surface area contributed by atoms with E-state index in [1.165, 1.54) is 24.3 Å². The summed E-state index contributed by atoms with van der Waals surface area (Å²) < 4.78 is 40.5.